The van der Waals surface area contributed by atoms with Crippen molar-refractivity contribution in [2.45, 2.75) is 13.1 Å². The minimum atomic E-state index is -0.338. The van der Waals surface area contributed by atoms with E-state index in [2.05, 4.69) is 10.4 Å². The van der Waals surface area contributed by atoms with Crippen LogP contribution in [0.2, 0.25) is 0 Å². The van der Waals surface area contributed by atoms with Crippen molar-refractivity contribution in [3.63, 3.8) is 0 Å². The smallest absolute Gasteiger partial charge is 0.322 e. The van der Waals surface area contributed by atoms with Gasteiger partial charge in [0.25, 0.3) is 0 Å². The van der Waals surface area contributed by atoms with Crippen LogP contribution in [0.3, 0.4) is 0 Å². The third-order valence-electron chi connectivity index (χ3n) is 4.23. The van der Waals surface area contributed by atoms with Gasteiger partial charge in [-0.15, -0.1) is 0 Å². The van der Waals surface area contributed by atoms with Gasteiger partial charge < -0.3 is 5.32 Å². The number of para-hydroxylation sites is 1. The molecule has 25 heavy (non-hydrogen) atoms. The fraction of sp³-hybridized carbons (Fsp3) is 0.111. The molecular weight excluding hydrogens is 434 g/mol. The van der Waals surface area contributed by atoms with Crippen LogP contribution in [0.25, 0.3) is 11.1 Å². The number of fused-ring (bicyclic) bond motifs is 1. The monoisotopic (exact) mass is 448 g/mol. The lowest BCUT2D eigenvalue weighted by Crippen LogP contribution is -2.43. The first-order valence-corrected chi connectivity index (χ1v) is 8.71. The van der Waals surface area contributed by atoms with E-state index < -0.39 is 0 Å². The summed E-state index contributed by atoms with van der Waals surface area (Å²) in [7, 11) is 0. The summed E-state index contributed by atoms with van der Waals surface area (Å²) >= 11 is 2.04. The highest BCUT2D eigenvalue weighted by molar-refractivity contribution is 14.1. The van der Waals surface area contributed by atoms with E-state index >= 15 is 0 Å². The average molecular weight is 448 g/mol. The predicted molar refractivity (Wildman–Crippen MR) is 102 cm³/mol. The number of hydrogen-bond acceptors (Lipinski definition) is 2. The van der Waals surface area contributed by atoms with Gasteiger partial charge in [0.15, 0.2) is 0 Å². The summed E-state index contributed by atoms with van der Waals surface area (Å²) in [6, 6.07) is 12.5. The molecule has 7 heteroatoms. The number of nitrogens with zero attached hydrogens (tertiary/aromatic N) is 3. The zero-order valence-electron chi connectivity index (χ0n) is 13.1. The molecule has 5 nitrogen and oxygen atoms in total. The largest absolute Gasteiger partial charge is 0.334 e. The molecule has 1 aliphatic rings. The summed E-state index contributed by atoms with van der Waals surface area (Å²) in [6.07, 6.45) is 3.51. The van der Waals surface area contributed by atoms with Gasteiger partial charge in [-0.25, -0.2) is 12.1 Å². The van der Waals surface area contributed by atoms with Crippen molar-refractivity contribution in [3.05, 3.63) is 71.8 Å². The number of nitrogens with one attached hydrogen (secondary N) is 1. The van der Waals surface area contributed by atoms with Gasteiger partial charge in [0.1, 0.15) is 5.82 Å². The molecule has 0 radical (unpaired) electrons. The Bertz CT molecular complexity index is 956. The number of amides is 2. The molecule has 0 saturated carbocycles. The van der Waals surface area contributed by atoms with Crippen LogP contribution in [0, 0.1) is 5.82 Å². The molecule has 0 unspecified atom stereocenters. The summed E-state index contributed by atoms with van der Waals surface area (Å²) in [5.41, 5.74) is 3.92. The Morgan fingerprint density at radius 2 is 2.04 bits per heavy atom. The zero-order chi connectivity index (χ0) is 17.4. The maximum atomic E-state index is 14.6. The Balaban J connectivity index is 1.64. The van der Waals surface area contributed by atoms with E-state index in [0.717, 1.165) is 22.4 Å². The molecule has 1 aliphatic heterocycles. The van der Waals surface area contributed by atoms with Gasteiger partial charge >= 0.3 is 6.03 Å². The van der Waals surface area contributed by atoms with Crippen molar-refractivity contribution in [1.29, 1.82) is 0 Å². The van der Waals surface area contributed by atoms with Crippen molar-refractivity contribution >= 4 is 34.6 Å². The molecule has 0 bridgehead atoms. The molecule has 2 amide bonds. The number of aromatic nitrogens is 2. The van der Waals surface area contributed by atoms with Crippen molar-refractivity contribution < 1.29 is 9.18 Å². The second-order valence-electron chi connectivity index (χ2n) is 5.80. The maximum absolute atomic E-state index is 14.6. The van der Waals surface area contributed by atoms with Crippen LogP contribution in [0.1, 0.15) is 11.1 Å². The van der Waals surface area contributed by atoms with Crippen LogP contribution in [0.4, 0.5) is 14.9 Å². The maximum Gasteiger partial charge on any atom is 0.322 e. The van der Waals surface area contributed by atoms with E-state index in [0.29, 0.717) is 12.1 Å². The lowest BCUT2D eigenvalue weighted by atomic mass is 10.0. The van der Waals surface area contributed by atoms with Crippen LogP contribution >= 0.6 is 22.9 Å². The summed E-state index contributed by atoms with van der Waals surface area (Å²) in [5, 5.41) is 6.91. The number of hydrogen-bond donors (Lipinski definition) is 1. The Hall–Kier alpha value is -2.42. The number of anilines is 1. The van der Waals surface area contributed by atoms with E-state index in [9.17, 15) is 9.18 Å². The molecule has 0 saturated heterocycles. The molecule has 3 aromatic rings. The summed E-state index contributed by atoms with van der Waals surface area (Å²) in [5.74, 6) is -0.338. The van der Waals surface area contributed by atoms with E-state index in [-0.39, 0.29) is 18.4 Å². The Morgan fingerprint density at radius 3 is 2.80 bits per heavy atom. The summed E-state index contributed by atoms with van der Waals surface area (Å²) < 4.78 is 16.3. The molecule has 0 aliphatic carbocycles. The molecule has 126 valence electrons. The molecule has 2 aromatic carbocycles. The van der Waals surface area contributed by atoms with Gasteiger partial charge in [0.2, 0.25) is 0 Å². The lowest BCUT2D eigenvalue weighted by molar-refractivity contribution is 0.244. The number of carbonyl (C=O) groups excluding carboxylic acids is 1. The van der Waals surface area contributed by atoms with Gasteiger partial charge in [0, 0.05) is 23.9 Å². The molecule has 2 heterocycles. The molecule has 4 rings (SSSR count). The van der Waals surface area contributed by atoms with Crippen LogP contribution in [0.15, 0.2) is 54.9 Å². The first-order valence-electron chi connectivity index (χ1n) is 7.75. The van der Waals surface area contributed by atoms with Crippen molar-refractivity contribution in [2.75, 3.05) is 4.90 Å². The number of benzene rings is 2. The normalized spacial score (nSPS) is 13.5. The van der Waals surface area contributed by atoms with Gasteiger partial charge in [-0.05, 0) is 23.3 Å². The Morgan fingerprint density at radius 1 is 1.20 bits per heavy atom. The lowest BCUT2D eigenvalue weighted by Gasteiger charge is -2.30. The highest BCUT2D eigenvalue weighted by Crippen LogP contribution is 2.28. The topological polar surface area (TPSA) is 50.2 Å². The first kappa shape index (κ1) is 16.1. The average Bonchev–Trinajstić information content (AvgIpc) is 3.05. The molecule has 0 spiro atoms. The zero-order valence-corrected chi connectivity index (χ0v) is 15.3. The second-order valence-corrected chi connectivity index (χ2v) is 6.79. The summed E-state index contributed by atoms with van der Waals surface area (Å²) in [6.45, 7) is 0.674. The van der Waals surface area contributed by atoms with Gasteiger partial charge in [-0.3, -0.25) is 4.90 Å². The predicted octanol–water partition coefficient (Wildman–Crippen LogP) is 4.12. The van der Waals surface area contributed by atoms with Gasteiger partial charge in [-0.2, -0.15) is 5.10 Å². The van der Waals surface area contributed by atoms with E-state index in [1.54, 1.807) is 20.1 Å². The molecule has 0 atom stereocenters. The fourth-order valence-electron chi connectivity index (χ4n) is 2.93. The van der Waals surface area contributed by atoms with E-state index in [1.165, 1.54) is 6.07 Å². The SMILES string of the molecule is O=C1NCc2ccccc2N1Cc1ccc(-c2cnn(I)c2)cc1F. The molecule has 0 fully saturated rings. The van der Waals surface area contributed by atoms with Crippen LogP contribution in [0.5, 0.6) is 0 Å². The minimum absolute atomic E-state index is 0.181. The van der Waals surface area contributed by atoms with Crippen LogP contribution in [-0.4, -0.2) is 14.0 Å². The van der Waals surface area contributed by atoms with Crippen molar-refractivity contribution in [2.24, 2.45) is 0 Å². The first-order chi connectivity index (χ1) is 12.1. The van der Waals surface area contributed by atoms with Crippen molar-refractivity contribution in [3.8, 4) is 11.1 Å². The van der Waals surface area contributed by atoms with Crippen LogP contribution in [-0.2, 0) is 13.1 Å². The quantitative estimate of drug-likeness (QED) is 0.614. The number of carbonyl (C=O) groups is 1. The Kier molecular flexibility index (Phi) is 4.16. The van der Waals surface area contributed by atoms with Crippen LogP contribution < -0.4 is 10.2 Å². The standard InChI is InChI=1S/C18H14FIN4O/c19-16-7-12(15-9-22-24(20)11-15)5-6-14(16)10-23-17-4-2-1-3-13(17)8-21-18(23)25/h1-7,9,11H,8,10H2,(H,21,25). The highest BCUT2D eigenvalue weighted by atomic mass is 127. The van der Waals surface area contributed by atoms with E-state index in [1.807, 2.05) is 59.4 Å². The number of halogens is 2. The molecule has 1 N–H and O–H groups in total. The van der Waals surface area contributed by atoms with Gasteiger partial charge in [-0.1, -0.05) is 30.3 Å². The molecular formula is C18H14FIN4O. The highest BCUT2D eigenvalue weighted by Gasteiger charge is 2.24. The number of rotatable bonds is 3. The van der Waals surface area contributed by atoms with E-state index in [4.69, 9.17) is 0 Å². The second kappa shape index (κ2) is 6.47. The molecule has 1 aromatic heterocycles. The van der Waals surface area contributed by atoms with Crippen molar-refractivity contribution in [1.82, 2.24) is 13.3 Å². The third kappa shape index (κ3) is 3.11. The fourth-order valence-corrected chi connectivity index (χ4v) is 3.35. The minimum Gasteiger partial charge on any atom is -0.334 e. The third-order valence-corrected chi connectivity index (χ3v) is 4.75. The Labute approximate surface area is 157 Å². The van der Waals surface area contributed by atoms with Gasteiger partial charge in [0.05, 0.1) is 41.3 Å². The number of urea groups is 1. The summed E-state index contributed by atoms with van der Waals surface area (Å²) in [4.78, 5) is 13.8.